The average Bonchev–Trinajstić information content (AvgIpc) is 2.76. The fraction of sp³-hybridized carbons (Fsp3) is 0.318. The van der Waals surface area contributed by atoms with Gasteiger partial charge in [0.25, 0.3) is 11.2 Å². The number of benzene rings is 2. The molecule has 0 saturated heterocycles. The molecule has 4 rings (SSSR count). The van der Waals surface area contributed by atoms with Gasteiger partial charge in [0.05, 0.1) is 28.7 Å². The molecule has 148 valence electrons. The topological polar surface area (TPSA) is 95.1 Å². The Hall–Kier alpha value is -3.35. The van der Waals surface area contributed by atoms with Crippen molar-refractivity contribution < 1.29 is 9.72 Å². The Labute approximate surface area is 167 Å². The van der Waals surface area contributed by atoms with Gasteiger partial charge in [-0.15, -0.1) is 0 Å². The summed E-state index contributed by atoms with van der Waals surface area (Å²) in [5.74, 6) is 0.398. The van der Waals surface area contributed by atoms with Crippen LogP contribution in [-0.2, 0) is 6.54 Å². The van der Waals surface area contributed by atoms with E-state index in [1.807, 2.05) is 24.3 Å². The molecule has 0 atom stereocenters. The van der Waals surface area contributed by atoms with Gasteiger partial charge in [-0.25, -0.2) is 4.98 Å². The third-order valence-electron chi connectivity index (χ3n) is 5.64. The van der Waals surface area contributed by atoms with Crippen LogP contribution in [-0.4, -0.2) is 20.3 Å². The fourth-order valence-corrected chi connectivity index (χ4v) is 4.00. The van der Waals surface area contributed by atoms with Gasteiger partial charge in [-0.2, -0.15) is 0 Å². The number of non-ortho nitro benzene ring substituents is 1. The molecule has 1 saturated carbocycles. The van der Waals surface area contributed by atoms with Crippen LogP contribution in [0.2, 0.25) is 0 Å². The van der Waals surface area contributed by atoms with E-state index in [1.54, 1.807) is 0 Å². The second kappa shape index (κ2) is 7.95. The van der Waals surface area contributed by atoms with Crippen LogP contribution in [0.5, 0.6) is 0 Å². The van der Waals surface area contributed by atoms with Crippen LogP contribution in [0, 0.1) is 10.1 Å². The van der Waals surface area contributed by atoms with Gasteiger partial charge in [-0.05, 0) is 30.4 Å². The second-order valence-electron chi connectivity index (χ2n) is 7.52. The molecule has 0 aliphatic heterocycles. The van der Waals surface area contributed by atoms with E-state index in [-0.39, 0.29) is 28.9 Å². The van der Waals surface area contributed by atoms with Crippen LogP contribution in [0.15, 0.2) is 53.6 Å². The number of nitro benzene ring substituents is 1. The van der Waals surface area contributed by atoms with Crippen LogP contribution in [0.1, 0.15) is 53.9 Å². The summed E-state index contributed by atoms with van der Waals surface area (Å²) in [7, 11) is 0. The van der Waals surface area contributed by atoms with Crippen LogP contribution < -0.4 is 5.56 Å². The molecular formula is C22H21N3O4. The van der Waals surface area contributed by atoms with Crippen LogP contribution in [0.4, 0.5) is 5.69 Å². The van der Waals surface area contributed by atoms with E-state index in [9.17, 15) is 19.7 Å². The number of ketones is 1. The van der Waals surface area contributed by atoms with Crippen LogP contribution >= 0.6 is 0 Å². The number of nitro groups is 1. The van der Waals surface area contributed by atoms with Crippen molar-refractivity contribution in [1.82, 2.24) is 9.55 Å². The standard InChI is InChI=1S/C22H21N3O4/c26-21(17-8-6-16(7-9-17)15-4-2-1-3-5-15)13-24-14-23-20-12-18(25(28)29)10-11-19(20)22(24)27/h6-12,14-15H,1-5,13H2. The Balaban J connectivity index is 1.54. The van der Waals surface area contributed by atoms with Gasteiger partial charge in [0.15, 0.2) is 5.78 Å². The summed E-state index contributed by atoms with van der Waals surface area (Å²) in [5.41, 5.74) is 1.55. The van der Waals surface area contributed by atoms with Gasteiger partial charge in [0.2, 0.25) is 0 Å². The first kappa shape index (κ1) is 19.0. The molecule has 0 radical (unpaired) electrons. The van der Waals surface area contributed by atoms with E-state index < -0.39 is 10.5 Å². The number of Topliss-reactive ketones (excluding diaryl/α,β-unsaturated/α-hetero) is 1. The average molecular weight is 391 g/mol. The number of carbonyl (C=O) groups excluding carboxylic acids is 1. The first-order chi connectivity index (χ1) is 14.0. The Morgan fingerprint density at radius 1 is 1.10 bits per heavy atom. The lowest BCUT2D eigenvalue weighted by Crippen LogP contribution is -2.24. The molecule has 3 aromatic rings. The number of nitrogens with zero attached hydrogens (tertiary/aromatic N) is 3. The molecule has 1 aromatic heterocycles. The summed E-state index contributed by atoms with van der Waals surface area (Å²) >= 11 is 0. The Morgan fingerprint density at radius 2 is 1.83 bits per heavy atom. The Morgan fingerprint density at radius 3 is 2.52 bits per heavy atom. The van der Waals surface area contributed by atoms with Crippen molar-refractivity contribution in [3.63, 3.8) is 0 Å². The van der Waals surface area contributed by atoms with Gasteiger partial charge >= 0.3 is 0 Å². The van der Waals surface area contributed by atoms with Crippen molar-refractivity contribution >= 4 is 22.4 Å². The first-order valence-electron chi connectivity index (χ1n) is 9.79. The van der Waals surface area contributed by atoms with E-state index >= 15 is 0 Å². The minimum Gasteiger partial charge on any atom is -0.292 e. The predicted molar refractivity (Wildman–Crippen MR) is 109 cm³/mol. The van der Waals surface area contributed by atoms with E-state index in [2.05, 4.69) is 4.98 Å². The summed E-state index contributed by atoms with van der Waals surface area (Å²) in [6.45, 7) is -0.123. The lowest BCUT2D eigenvalue weighted by atomic mass is 9.84. The SMILES string of the molecule is O=C(Cn1cnc2cc([N+](=O)[O-])ccc2c1=O)c1ccc(C2CCCCC2)cc1. The molecule has 0 unspecified atom stereocenters. The maximum Gasteiger partial charge on any atom is 0.271 e. The number of hydrogen-bond donors (Lipinski definition) is 0. The van der Waals surface area contributed by atoms with Crippen molar-refractivity contribution in [3.8, 4) is 0 Å². The monoisotopic (exact) mass is 391 g/mol. The normalized spacial score (nSPS) is 14.8. The Bertz CT molecular complexity index is 1130. The molecule has 7 nitrogen and oxygen atoms in total. The zero-order valence-electron chi connectivity index (χ0n) is 15.9. The molecule has 1 aliphatic carbocycles. The summed E-state index contributed by atoms with van der Waals surface area (Å²) < 4.78 is 1.24. The van der Waals surface area contributed by atoms with E-state index in [1.165, 1.54) is 66.8 Å². The predicted octanol–water partition coefficient (Wildman–Crippen LogP) is 4.24. The smallest absolute Gasteiger partial charge is 0.271 e. The molecule has 0 bridgehead atoms. The van der Waals surface area contributed by atoms with Gasteiger partial charge in [-0.3, -0.25) is 24.3 Å². The van der Waals surface area contributed by atoms with Crippen molar-refractivity contribution in [2.24, 2.45) is 0 Å². The number of fused-ring (bicyclic) bond motifs is 1. The lowest BCUT2D eigenvalue weighted by Gasteiger charge is -2.22. The maximum absolute atomic E-state index is 12.7. The molecule has 0 N–H and O–H groups in total. The summed E-state index contributed by atoms with van der Waals surface area (Å²) in [4.78, 5) is 39.7. The zero-order chi connectivity index (χ0) is 20.4. The Kier molecular flexibility index (Phi) is 5.20. The number of carbonyl (C=O) groups is 1. The highest BCUT2D eigenvalue weighted by Gasteiger charge is 2.17. The van der Waals surface area contributed by atoms with Crippen LogP contribution in [0.25, 0.3) is 10.9 Å². The summed E-state index contributed by atoms with van der Waals surface area (Å²) in [6, 6.07) is 11.6. The molecule has 1 heterocycles. The second-order valence-corrected chi connectivity index (χ2v) is 7.52. The highest BCUT2D eigenvalue weighted by molar-refractivity contribution is 5.96. The van der Waals surface area contributed by atoms with Crippen molar-refractivity contribution in [2.45, 2.75) is 44.6 Å². The third kappa shape index (κ3) is 3.94. The quantitative estimate of drug-likeness (QED) is 0.368. The summed E-state index contributed by atoms with van der Waals surface area (Å²) in [6.07, 6.45) is 7.48. The molecular weight excluding hydrogens is 370 g/mol. The molecule has 1 fully saturated rings. The van der Waals surface area contributed by atoms with Crippen molar-refractivity contribution in [2.75, 3.05) is 0 Å². The number of aromatic nitrogens is 2. The minimum atomic E-state index is -0.535. The van der Waals surface area contributed by atoms with E-state index in [0.29, 0.717) is 11.5 Å². The number of rotatable bonds is 5. The molecule has 2 aromatic carbocycles. The summed E-state index contributed by atoms with van der Waals surface area (Å²) in [5, 5.41) is 11.1. The maximum atomic E-state index is 12.7. The zero-order valence-corrected chi connectivity index (χ0v) is 15.9. The first-order valence-corrected chi connectivity index (χ1v) is 9.79. The highest BCUT2D eigenvalue weighted by atomic mass is 16.6. The van der Waals surface area contributed by atoms with Gasteiger partial charge < -0.3 is 0 Å². The molecule has 0 spiro atoms. The van der Waals surface area contributed by atoms with Gasteiger partial charge in [0, 0.05) is 17.7 Å². The highest BCUT2D eigenvalue weighted by Crippen LogP contribution is 2.32. The number of hydrogen-bond acceptors (Lipinski definition) is 5. The van der Waals surface area contributed by atoms with E-state index in [0.717, 1.165) is 0 Å². The molecule has 7 heteroatoms. The molecule has 1 aliphatic rings. The fourth-order valence-electron chi connectivity index (χ4n) is 4.00. The van der Waals surface area contributed by atoms with E-state index in [4.69, 9.17) is 0 Å². The van der Waals surface area contributed by atoms with Gasteiger partial charge in [0.1, 0.15) is 0 Å². The third-order valence-corrected chi connectivity index (χ3v) is 5.64. The van der Waals surface area contributed by atoms with Crippen molar-refractivity contribution in [3.05, 3.63) is 80.4 Å². The minimum absolute atomic E-state index is 0.123. The van der Waals surface area contributed by atoms with Crippen molar-refractivity contribution in [1.29, 1.82) is 0 Å². The molecule has 29 heavy (non-hydrogen) atoms. The largest absolute Gasteiger partial charge is 0.292 e. The lowest BCUT2D eigenvalue weighted by molar-refractivity contribution is -0.384. The van der Waals surface area contributed by atoms with Crippen LogP contribution in [0.3, 0.4) is 0 Å². The molecule has 0 amide bonds. The van der Waals surface area contributed by atoms with Gasteiger partial charge in [-0.1, -0.05) is 43.5 Å².